The summed E-state index contributed by atoms with van der Waals surface area (Å²) in [6.45, 7) is 9.12. The van der Waals surface area contributed by atoms with E-state index in [0.29, 0.717) is 6.04 Å². The van der Waals surface area contributed by atoms with E-state index >= 15 is 0 Å². The molecule has 0 amide bonds. The zero-order valence-corrected chi connectivity index (χ0v) is 14.6. The van der Waals surface area contributed by atoms with Crippen molar-refractivity contribution in [1.29, 1.82) is 0 Å². The number of hydrogen-bond acceptors (Lipinski definition) is 5. The van der Waals surface area contributed by atoms with E-state index < -0.39 is 0 Å². The van der Waals surface area contributed by atoms with Gasteiger partial charge in [0.25, 0.3) is 0 Å². The summed E-state index contributed by atoms with van der Waals surface area (Å²) in [4.78, 5) is 4.73. The third-order valence-electron chi connectivity index (χ3n) is 4.56. The van der Waals surface area contributed by atoms with Crippen molar-refractivity contribution in [2.24, 2.45) is 7.05 Å². The molecule has 0 saturated carbocycles. The fourth-order valence-electron chi connectivity index (χ4n) is 2.95. The molecule has 0 fully saturated rings. The van der Waals surface area contributed by atoms with Gasteiger partial charge in [0.1, 0.15) is 11.6 Å². The maximum atomic E-state index is 4.45. The second-order valence-corrected chi connectivity index (χ2v) is 6.78. The molecule has 0 aliphatic carbocycles. The largest absolute Gasteiger partial charge is 0.313 e. The molecule has 1 aliphatic heterocycles. The molecular weight excluding hydrogens is 290 g/mol. The predicted molar refractivity (Wildman–Crippen MR) is 88.6 cm³/mol. The maximum absolute atomic E-state index is 4.45. The number of aromatic nitrogens is 5. The van der Waals surface area contributed by atoms with Gasteiger partial charge in [-0.2, -0.15) is 5.10 Å². The fourth-order valence-corrected chi connectivity index (χ4v) is 2.95. The van der Waals surface area contributed by atoms with E-state index in [2.05, 4.69) is 56.8 Å². The van der Waals surface area contributed by atoms with E-state index in [9.17, 15) is 0 Å². The Kier molecular flexibility index (Phi) is 4.77. The molecule has 0 N–H and O–H groups in total. The van der Waals surface area contributed by atoms with E-state index in [1.165, 1.54) is 5.56 Å². The molecule has 0 spiro atoms. The monoisotopic (exact) mass is 317 g/mol. The van der Waals surface area contributed by atoms with E-state index in [4.69, 9.17) is 0 Å². The summed E-state index contributed by atoms with van der Waals surface area (Å²) in [5, 5.41) is 13.1. The lowest BCUT2D eigenvalue weighted by atomic mass is 10.3. The molecule has 0 saturated heterocycles. The van der Waals surface area contributed by atoms with Gasteiger partial charge in [-0.15, -0.1) is 10.2 Å². The van der Waals surface area contributed by atoms with Crippen molar-refractivity contribution < 1.29 is 0 Å². The van der Waals surface area contributed by atoms with Gasteiger partial charge in [0.05, 0.1) is 19.3 Å². The molecule has 0 aromatic carbocycles. The molecule has 7 nitrogen and oxygen atoms in total. The van der Waals surface area contributed by atoms with Crippen molar-refractivity contribution in [2.75, 3.05) is 13.6 Å². The van der Waals surface area contributed by atoms with Crippen LogP contribution >= 0.6 is 0 Å². The van der Waals surface area contributed by atoms with E-state index in [1.54, 1.807) is 0 Å². The normalized spacial score (nSPS) is 16.1. The first-order valence-electron chi connectivity index (χ1n) is 8.34. The van der Waals surface area contributed by atoms with Crippen LogP contribution in [0.3, 0.4) is 0 Å². The highest BCUT2D eigenvalue weighted by molar-refractivity contribution is 5.05. The minimum Gasteiger partial charge on any atom is -0.313 e. The third kappa shape index (κ3) is 3.79. The lowest BCUT2D eigenvalue weighted by molar-refractivity contribution is 0.254. The first kappa shape index (κ1) is 16.1. The Morgan fingerprint density at radius 2 is 2.09 bits per heavy atom. The summed E-state index contributed by atoms with van der Waals surface area (Å²) in [7, 11) is 4.10. The maximum Gasteiger partial charge on any atom is 0.147 e. The van der Waals surface area contributed by atoms with Crippen LogP contribution in [-0.4, -0.2) is 54.0 Å². The summed E-state index contributed by atoms with van der Waals surface area (Å²) in [6, 6.07) is 0.510. The Hall–Kier alpha value is -1.73. The lowest BCUT2D eigenvalue weighted by Gasteiger charge is -2.20. The second kappa shape index (κ2) is 6.80. The summed E-state index contributed by atoms with van der Waals surface area (Å²) < 4.78 is 4.16. The van der Waals surface area contributed by atoms with Crippen molar-refractivity contribution in [1.82, 2.24) is 34.3 Å². The van der Waals surface area contributed by atoms with E-state index in [1.807, 2.05) is 17.9 Å². The first-order valence-corrected chi connectivity index (χ1v) is 8.34. The van der Waals surface area contributed by atoms with Gasteiger partial charge < -0.3 is 4.57 Å². The van der Waals surface area contributed by atoms with E-state index in [0.717, 1.165) is 50.8 Å². The standard InChI is InChI=1S/C16H27N7/c1-13(2)20(3)11-15-18-19-16-12-22(6-5-7-23(15)16)10-14-8-17-21(4)9-14/h8-9,13H,5-7,10-12H2,1-4H3. The molecule has 0 bridgehead atoms. The number of rotatable bonds is 5. The molecule has 0 radical (unpaired) electrons. The van der Waals surface area contributed by atoms with Crippen LogP contribution in [0.2, 0.25) is 0 Å². The third-order valence-corrected chi connectivity index (χ3v) is 4.56. The van der Waals surface area contributed by atoms with Crippen LogP contribution in [0.5, 0.6) is 0 Å². The minimum absolute atomic E-state index is 0.510. The molecule has 2 aromatic rings. The molecule has 1 aliphatic rings. The highest BCUT2D eigenvalue weighted by atomic mass is 15.3. The van der Waals surface area contributed by atoms with Crippen molar-refractivity contribution in [2.45, 2.75) is 52.5 Å². The minimum atomic E-state index is 0.510. The Labute approximate surface area is 137 Å². The zero-order chi connectivity index (χ0) is 16.4. The van der Waals surface area contributed by atoms with Crippen molar-refractivity contribution >= 4 is 0 Å². The summed E-state index contributed by atoms with van der Waals surface area (Å²) >= 11 is 0. The Morgan fingerprint density at radius 1 is 1.26 bits per heavy atom. The van der Waals surface area contributed by atoms with Crippen LogP contribution < -0.4 is 0 Å². The second-order valence-electron chi connectivity index (χ2n) is 6.78. The van der Waals surface area contributed by atoms with Crippen LogP contribution in [0.1, 0.15) is 37.5 Å². The highest BCUT2D eigenvalue weighted by Gasteiger charge is 2.20. The summed E-state index contributed by atoms with van der Waals surface area (Å²) in [5.74, 6) is 2.16. The van der Waals surface area contributed by atoms with Gasteiger partial charge in [0, 0.05) is 44.5 Å². The number of nitrogens with zero attached hydrogens (tertiary/aromatic N) is 7. The van der Waals surface area contributed by atoms with Crippen LogP contribution in [0.4, 0.5) is 0 Å². The molecule has 2 aromatic heterocycles. The molecule has 0 atom stereocenters. The molecule has 3 rings (SSSR count). The Balaban J connectivity index is 1.70. The average molecular weight is 317 g/mol. The summed E-state index contributed by atoms with van der Waals surface area (Å²) in [6.07, 6.45) is 5.15. The van der Waals surface area contributed by atoms with Gasteiger partial charge in [-0.3, -0.25) is 14.5 Å². The molecule has 126 valence electrons. The zero-order valence-electron chi connectivity index (χ0n) is 14.6. The SMILES string of the molecule is CC(C)N(C)Cc1nnc2n1CCCN(Cc1cnn(C)c1)C2. The molecular formula is C16H27N7. The van der Waals surface area contributed by atoms with Gasteiger partial charge in [0.2, 0.25) is 0 Å². The van der Waals surface area contributed by atoms with Gasteiger partial charge in [-0.1, -0.05) is 0 Å². The van der Waals surface area contributed by atoms with Crippen molar-refractivity contribution in [3.63, 3.8) is 0 Å². The number of fused-ring (bicyclic) bond motifs is 1. The van der Waals surface area contributed by atoms with Crippen LogP contribution in [0.15, 0.2) is 12.4 Å². The molecule has 3 heterocycles. The molecule has 23 heavy (non-hydrogen) atoms. The summed E-state index contributed by atoms with van der Waals surface area (Å²) in [5.41, 5.74) is 1.25. The Bertz CT molecular complexity index is 643. The predicted octanol–water partition coefficient (Wildman–Crippen LogP) is 1.26. The lowest BCUT2D eigenvalue weighted by Crippen LogP contribution is -2.27. The molecule has 0 unspecified atom stereocenters. The van der Waals surface area contributed by atoms with Crippen LogP contribution in [0, 0.1) is 0 Å². The van der Waals surface area contributed by atoms with Crippen molar-refractivity contribution in [3.05, 3.63) is 29.6 Å². The average Bonchev–Trinajstić information content (AvgIpc) is 3.00. The fraction of sp³-hybridized carbons (Fsp3) is 0.688. The van der Waals surface area contributed by atoms with E-state index in [-0.39, 0.29) is 0 Å². The van der Waals surface area contributed by atoms with Gasteiger partial charge in [-0.05, 0) is 27.3 Å². The quantitative estimate of drug-likeness (QED) is 0.831. The van der Waals surface area contributed by atoms with Crippen molar-refractivity contribution in [3.8, 4) is 0 Å². The van der Waals surface area contributed by atoms with Crippen LogP contribution in [0.25, 0.3) is 0 Å². The van der Waals surface area contributed by atoms with Gasteiger partial charge in [0.15, 0.2) is 0 Å². The highest BCUT2D eigenvalue weighted by Crippen LogP contribution is 2.16. The van der Waals surface area contributed by atoms with Crippen LogP contribution in [-0.2, 0) is 33.2 Å². The Morgan fingerprint density at radius 3 is 2.78 bits per heavy atom. The number of aryl methyl sites for hydroxylation is 1. The van der Waals surface area contributed by atoms with Gasteiger partial charge in [-0.25, -0.2) is 0 Å². The smallest absolute Gasteiger partial charge is 0.147 e. The topological polar surface area (TPSA) is 55.0 Å². The first-order chi connectivity index (χ1) is 11.0. The van der Waals surface area contributed by atoms with Gasteiger partial charge >= 0.3 is 0 Å². The number of hydrogen-bond donors (Lipinski definition) is 0. The molecule has 7 heteroatoms.